The van der Waals surface area contributed by atoms with Gasteiger partial charge >= 0.3 is 0 Å². The molecule has 1 saturated heterocycles. The Kier molecular flexibility index (Phi) is 4.69. The minimum atomic E-state index is -0.530. The molecule has 2 aromatic rings. The van der Waals surface area contributed by atoms with Gasteiger partial charge in [0.25, 0.3) is 0 Å². The van der Waals surface area contributed by atoms with E-state index in [0.29, 0.717) is 11.8 Å². The van der Waals surface area contributed by atoms with Crippen LogP contribution in [0.4, 0.5) is 0 Å². The predicted octanol–water partition coefficient (Wildman–Crippen LogP) is 3.85. The first kappa shape index (κ1) is 16.4. The number of hydrogen-bond acceptors (Lipinski definition) is 3. The number of para-hydroxylation sites is 1. The summed E-state index contributed by atoms with van der Waals surface area (Å²) in [6.07, 6.45) is 1.92. The van der Waals surface area contributed by atoms with Gasteiger partial charge in [0.05, 0.1) is 16.8 Å². The fraction of sp³-hybridized carbons (Fsp3) is 0.550. The summed E-state index contributed by atoms with van der Waals surface area (Å²) in [6.45, 7) is 9.25. The van der Waals surface area contributed by atoms with E-state index in [9.17, 15) is 5.11 Å². The molecular weight excluding hydrogens is 284 g/mol. The summed E-state index contributed by atoms with van der Waals surface area (Å²) in [5, 5.41) is 11.9. The molecule has 1 aliphatic rings. The molecule has 1 N–H and O–H groups in total. The maximum absolute atomic E-state index is 10.7. The molecule has 1 aromatic heterocycles. The van der Waals surface area contributed by atoms with Crippen LogP contribution >= 0.6 is 0 Å². The summed E-state index contributed by atoms with van der Waals surface area (Å²) in [7, 11) is 0. The minimum absolute atomic E-state index is 0.344. The number of nitrogens with zero attached hydrogens (tertiary/aromatic N) is 2. The Morgan fingerprint density at radius 3 is 2.83 bits per heavy atom. The highest BCUT2D eigenvalue weighted by atomic mass is 16.3. The third-order valence-corrected chi connectivity index (χ3v) is 5.09. The summed E-state index contributed by atoms with van der Waals surface area (Å²) in [6, 6.07) is 12.5. The van der Waals surface area contributed by atoms with E-state index in [1.807, 2.05) is 19.1 Å². The van der Waals surface area contributed by atoms with Crippen molar-refractivity contribution in [2.24, 2.45) is 11.8 Å². The Labute approximate surface area is 139 Å². The number of fused-ring (bicyclic) bond motifs is 1. The lowest BCUT2D eigenvalue weighted by Crippen LogP contribution is -2.50. The van der Waals surface area contributed by atoms with Gasteiger partial charge in [0.15, 0.2) is 0 Å². The van der Waals surface area contributed by atoms with Crippen molar-refractivity contribution in [1.29, 1.82) is 0 Å². The number of likely N-dealkylation sites (tertiary alicyclic amines) is 1. The van der Waals surface area contributed by atoms with Crippen molar-refractivity contribution >= 4 is 10.9 Å². The smallest absolute Gasteiger partial charge is 0.0705 e. The van der Waals surface area contributed by atoms with Gasteiger partial charge in [-0.05, 0) is 37.8 Å². The van der Waals surface area contributed by atoms with Gasteiger partial charge in [0, 0.05) is 30.9 Å². The standard InChI is InChI=1S/C20H28N2O/c1-15(2)12-17-13-22(11-10-20(17,3)23)14-18-9-8-16-6-4-5-7-19(16)21-18/h4-9,15,17,23H,10-14H2,1-3H3/t17-,20+/m1/s1. The molecule has 3 nitrogen and oxygen atoms in total. The van der Waals surface area contributed by atoms with E-state index in [2.05, 4.69) is 43.0 Å². The Hall–Kier alpha value is -1.45. The molecule has 0 saturated carbocycles. The lowest BCUT2D eigenvalue weighted by atomic mass is 9.78. The first-order chi connectivity index (χ1) is 10.9. The minimum Gasteiger partial charge on any atom is -0.390 e. The van der Waals surface area contributed by atoms with Crippen molar-refractivity contribution in [2.45, 2.75) is 45.8 Å². The molecule has 2 heterocycles. The zero-order valence-corrected chi connectivity index (χ0v) is 14.5. The third kappa shape index (κ3) is 3.91. The molecule has 0 radical (unpaired) electrons. The summed E-state index contributed by atoms with van der Waals surface area (Å²) in [5.41, 5.74) is 1.65. The maximum atomic E-state index is 10.7. The second-order valence-electron chi connectivity index (χ2n) is 7.66. The number of piperidine rings is 1. The van der Waals surface area contributed by atoms with Crippen LogP contribution in [0, 0.1) is 11.8 Å². The van der Waals surface area contributed by atoms with Crippen LogP contribution in [0.5, 0.6) is 0 Å². The lowest BCUT2D eigenvalue weighted by Gasteiger charge is -2.43. The Balaban J connectivity index is 1.71. The SMILES string of the molecule is CC(C)C[C@@H]1CN(Cc2ccc3ccccc3n2)CC[C@]1(C)O. The summed E-state index contributed by atoms with van der Waals surface area (Å²) in [5.74, 6) is 0.960. The third-order valence-electron chi connectivity index (χ3n) is 5.09. The monoisotopic (exact) mass is 312 g/mol. The number of benzene rings is 1. The number of aromatic nitrogens is 1. The van der Waals surface area contributed by atoms with Crippen molar-refractivity contribution in [2.75, 3.05) is 13.1 Å². The highest BCUT2D eigenvalue weighted by Crippen LogP contribution is 2.32. The van der Waals surface area contributed by atoms with Gasteiger partial charge in [-0.1, -0.05) is 38.1 Å². The van der Waals surface area contributed by atoms with Crippen LogP contribution in [0.25, 0.3) is 10.9 Å². The normalized spacial score (nSPS) is 26.0. The van der Waals surface area contributed by atoms with E-state index in [-0.39, 0.29) is 0 Å². The van der Waals surface area contributed by atoms with E-state index in [1.54, 1.807) is 0 Å². The molecule has 1 aromatic carbocycles. The molecule has 0 amide bonds. The average Bonchev–Trinajstić information content (AvgIpc) is 2.50. The topological polar surface area (TPSA) is 36.4 Å². The number of rotatable bonds is 4. The van der Waals surface area contributed by atoms with Gasteiger partial charge in [0.1, 0.15) is 0 Å². The van der Waals surface area contributed by atoms with Crippen LogP contribution in [0.15, 0.2) is 36.4 Å². The summed E-state index contributed by atoms with van der Waals surface area (Å²) in [4.78, 5) is 7.23. The van der Waals surface area contributed by atoms with Gasteiger partial charge in [0.2, 0.25) is 0 Å². The van der Waals surface area contributed by atoms with Crippen LogP contribution in [0.2, 0.25) is 0 Å². The second kappa shape index (κ2) is 6.58. The maximum Gasteiger partial charge on any atom is 0.0705 e. The molecule has 3 rings (SSSR count). The molecule has 1 fully saturated rings. The van der Waals surface area contributed by atoms with Crippen LogP contribution in [0.1, 0.15) is 39.3 Å². The van der Waals surface area contributed by atoms with Gasteiger partial charge in [-0.3, -0.25) is 9.88 Å². The highest BCUT2D eigenvalue weighted by Gasteiger charge is 2.37. The number of hydrogen-bond donors (Lipinski definition) is 1. The molecule has 23 heavy (non-hydrogen) atoms. The van der Waals surface area contributed by atoms with E-state index in [1.165, 1.54) is 5.39 Å². The van der Waals surface area contributed by atoms with Gasteiger partial charge in [-0.25, -0.2) is 0 Å². The Morgan fingerprint density at radius 2 is 2.04 bits per heavy atom. The lowest BCUT2D eigenvalue weighted by molar-refractivity contribution is -0.0666. The van der Waals surface area contributed by atoms with Crippen LogP contribution < -0.4 is 0 Å². The van der Waals surface area contributed by atoms with Crippen molar-refractivity contribution in [3.05, 3.63) is 42.1 Å². The first-order valence-electron chi connectivity index (χ1n) is 8.73. The molecule has 0 bridgehead atoms. The van der Waals surface area contributed by atoms with Crippen molar-refractivity contribution in [1.82, 2.24) is 9.88 Å². The zero-order valence-electron chi connectivity index (χ0n) is 14.5. The molecule has 2 atom stereocenters. The number of pyridine rings is 1. The Morgan fingerprint density at radius 1 is 1.26 bits per heavy atom. The van der Waals surface area contributed by atoms with Crippen molar-refractivity contribution in [3.8, 4) is 0 Å². The fourth-order valence-corrected chi connectivity index (χ4v) is 3.65. The molecule has 0 aliphatic carbocycles. The van der Waals surface area contributed by atoms with Crippen molar-refractivity contribution in [3.63, 3.8) is 0 Å². The average molecular weight is 312 g/mol. The van der Waals surface area contributed by atoms with Crippen molar-refractivity contribution < 1.29 is 5.11 Å². The zero-order chi connectivity index (χ0) is 16.4. The van der Waals surface area contributed by atoms with Crippen LogP contribution in [-0.2, 0) is 6.54 Å². The molecular formula is C20H28N2O. The molecule has 124 valence electrons. The van der Waals surface area contributed by atoms with E-state index in [4.69, 9.17) is 4.98 Å². The molecule has 0 unspecified atom stereocenters. The largest absolute Gasteiger partial charge is 0.390 e. The molecule has 0 spiro atoms. The quantitative estimate of drug-likeness (QED) is 0.931. The van der Waals surface area contributed by atoms with E-state index < -0.39 is 5.60 Å². The van der Waals surface area contributed by atoms with E-state index in [0.717, 1.165) is 43.7 Å². The van der Waals surface area contributed by atoms with Crippen LogP contribution in [0.3, 0.4) is 0 Å². The Bertz CT molecular complexity index is 665. The summed E-state index contributed by atoms with van der Waals surface area (Å²) >= 11 is 0. The first-order valence-corrected chi connectivity index (χ1v) is 8.73. The fourth-order valence-electron chi connectivity index (χ4n) is 3.65. The van der Waals surface area contributed by atoms with Gasteiger partial charge in [-0.15, -0.1) is 0 Å². The number of aliphatic hydroxyl groups is 1. The van der Waals surface area contributed by atoms with Gasteiger partial charge in [-0.2, -0.15) is 0 Å². The highest BCUT2D eigenvalue weighted by molar-refractivity contribution is 5.78. The van der Waals surface area contributed by atoms with E-state index >= 15 is 0 Å². The predicted molar refractivity (Wildman–Crippen MR) is 95.2 cm³/mol. The van der Waals surface area contributed by atoms with Gasteiger partial charge < -0.3 is 5.11 Å². The molecule has 3 heteroatoms. The van der Waals surface area contributed by atoms with Crippen LogP contribution in [-0.4, -0.2) is 33.7 Å². The summed E-state index contributed by atoms with van der Waals surface area (Å²) < 4.78 is 0. The molecule has 1 aliphatic heterocycles. The second-order valence-corrected chi connectivity index (χ2v) is 7.66.